The summed E-state index contributed by atoms with van der Waals surface area (Å²) in [5, 5.41) is 6.05. The van der Waals surface area contributed by atoms with Gasteiger partial charge in [0.1, 0.15) is 0 Å². The van der Waals surface area contributed by atoms with Gasteiger partial charge in [-0.3, -0.25) is 4.79 Å². The second-order valence-electron chi connectivity index (χ2n) is 4.44. The summed E-state index contributed by atoms with van der Waals surface area (Å²) in [6.45, 7) is 1.69. The van der Waals surface area contributed by atoms with E-state index in [4.69, 9.17) is 4.74 Å². The number of hydrogen-bond donors (Lipinski definition) is 2. The molecule has 1 aliphatic heterocycles. The van der Waals surface area contributed by atoms with Gasteiger partial charge in [0.25, 0.3) is 0 Å². The van der Waals surface area contributed by atoms with Crippen LogP contribution >= 0.6 is 0 Å². The summed E-state index contributed by atoms with van der Waals surface area (Å²) >= 11 is 0. The highest BCUT2D eigenvalue weighted by Gasteiger charge is 2.32. The van der Waals surface area contributed by atoms with Gasteiger partial charge in [0.15, 0.2) is 0 Å². The van der Waals surface area contributed by atoms with Gasteiger partial charge in [-0.2, -0.15) is 0 Å². The van der Waals surface area contributed by atoms with Gasteiger partial charge in [0.2, 0.25) is 5.91 Å². The second-order valence-corrected chi connectivity index (χ2v) is 4.44. The van der Waals surface area contributed by atoms with Crippen LogP contribution < -0.4 is 10.6 Å². The van der Waals surface area contributed by atoms with Crippen molar-refractivity contribution < 1.29 is 9.53 Å². The fourth-order valence-corrected chi connectivity index (χ4v) is 2.08. The van der Waals surface area contributed by atoms with E-state index in [-0.39, 0.29) is 17.9 Å². The number of rotatable bonds is 4. The summed E-state index contributed by atoms with van der Waals surface area (Å²) in [5.41, 5.74) is 1.11. The first kappa shape index (κ1) is 12.1. The van der Waals surface area contributed by atoms with Crippen LogP contribution in [0.5, 0.6) is 0 Å². The molecule has 5 nitrogen and oxygen atoms in total. The van der Waals surface area contributed by atoms with E-state index >= 15 is 0 Å². The Bertz CT molecular complexity index is 389. The fourth-order valence-electron chi connectivity index (χ4n) is 2.08. The Labute approximate surface area is 101 Å². The van der Waals surface area contributed by atoms with Crippen molar-refractivity contribution in [1.29, 1.82) is 0 Å². The van der Waals surface area contributed by atoms with Crippen molar-refractivity contribution >= 4 is 5.91 Å². The van der Waals surface area contributed by atoms with Crippen molar-refractivity contribution in [1.82, 2.24) is 15.2 Å². The standard InChI is InChI=1S/C12H19N3O2/c1-13-11-8-17-7-10(11)12(16)14-5-9-3-4-15(2)6-9/h3-4,6,10-11,13H,5,7-8H2,1-2H3,(H,14,16). The zero-order valence-electron chi connectivity index (χ0n) is 10.3. The van der Waals surface area contributed by atoms with Crippen LogP contribution in [-0.4, -0.2) is 36.8 Å². The highest BCUT2D eigenvalue weighted by molar-refractivity contribution is 5.79. The molecule has 2 N–H and O–H groups in total. The van der Waals surface area contributed by atoms with E-state index in [0.29, 0.717) is 19.8 Å². The number of nitrogens with zero attached hydrogens (tertiary/aromatic N) is 1. The lowest BCUT2D eigenvalue weighted by atomic mass is 10.0. The summed E-state index contributed by atoms with van der Waals surface area (Å²) in [7, 11) is 3.82. The number of carbonyl (C=O) groups is 1. The maximum atomic E-state index is 12.0. The Morgan fingerprint density at radius 2 is 2.41 bits per heavy atom. The average Bonchev–Trinajstić information content (AvgIpc) is 2.94. The molecular formula is C12H19N3O2. The van der Waals surface area contributed by atoms with Gasteiger partial charge in [-0.1, -0.05) is 0 Å². The number of ether oxygens (including phenoxy) is 1. The zero-order chi connectivity index (χ0) is 12.3. The summed E-state index contributed by atoms with van der Waals surface area (Å²) in [6.07, 6.45) is 3.97. The third-order valence-electron chi connectivity index (χ3n) is 3.15. The number of likely N-dealkylation sites (N-methyl/N-ethyl adjacent to an activating group) is 1. The molecule has 17 heavy (non-hydrogen) atoms. The van der Waals surface area contributed by atoms with E-state index in [1.165, 1.54) is 0 Å². The van der Waals surface area contributed by atoms with Gasteiger partial charge in [-0.25, -0.2) is 0 Å². The highest BCUT2D eigenvalue weighted by Crippen LogP contribution is 2.13. The van der Waals surface area contributed by atoms with Gasteiger partial charge in [-0.05, 0) is 18.7 Å². The minimum absolute atomic E-state index is 0.0608. The number of nitrogens with one attached hydrogen (secondary N) is 2. The quantitative estimate of drug-likeness (QED) is 0.767. The van der Waals surface area contributed by atoms with E-state index in [0.717, 1.165) is 5.56 Å². The Balaban J connectivity index is 1.84. The molecule has 1 aromatic rings. The Morgan fingerprint density at radius 1 is 1.59 bits per heavy atom. The summed E-state index contributed by atoms with van der Waals surface area (Å²) in [5.74, 6) is -0.0191. The molecule has 1 aliphatic rings. The molecule has 5 heteroatoms. The molecule has 2 heterocycles. The molecule has 1 amide bonds. The molecule has 0 radical (unpaired) electrons. The molecule has 0 aliphatic carbocycles. The first-order chi connectivity index (χ1) is 8.20. The van der Waals surface area contributed by atoms with Crippen molar-refractivity contribution in [2.75, 3.05) is 20.3 Å². The van der Waals surface area contributed by atoms with Gasteiger partial charge in [0.05, 0.1) is 19.1 Å². The van der Waals surface area contributed by atoms with Crippen LogP contribution in [0.1, 0.15) is 5.56 Å². The lowest BCUT2D eigenvalue weighted by molar-refractivity contribution is -0.125. The molecule has 2 rings (SSSR count). The largest absolute Gasteiger partial charge is 0.379 e. The van der Waals surface area contributed by atoms with Crippen LogP contribution in [0.15, 0.2) is 18.5 Å². The van der Waals surface area contributed by atoms with E-state index in [2.05, 4.69) is 10.6 Å². The Kier molecular flexibility index (Phi) is 3.81. The summed E-state index contributed by atoms with van der Waals surface area (Å²) in [4.78, 5) is 12.0. The molecule has 0 saturated carbocycles. The fraction of sp³-hybridized carbons (Fsp3) is 0.583. The van der Waals surface area contributed by atoms with Gasteiger partial charge in [-0.15, -0.1) is 0 Å². The minimum atomic E-state index is -0.0799. The Morgan fingerprint density at radius 3 is 3.06 bits per heavy atom. The predicted molar refractivity (Wildman–Crippen MR) is 64.4 cm³/mol. The number of carbonyl (C=O) groups excluding carboxylic acids is 1. The number of amides is 1. The summed E-state index contributed by atoms with van der Waals surface area (Å²) in [6, 6.07) is 2.13. The molecule has 0 aromatic carbocycles. The maximum Gasteiger partial charge on any atom is 0.227 e. The molecule has 1 aromatic heterocycles. The molecule has 1 fully saturated rings. The summed E-state index contributed by atoms with van der Waals surface area (Å²) < 4.78 is 7.28. The van der Waals surface area contributed by atoms with Gasteiger partial charge < -0.3 is 19.9 Å². The molecule has 94 valence electrons. The number of hydrogen-bond acceptors (Lipinski definition) is 3. The predicted octanol–water partition coefficient (Wildman–Crippen LogP) is -0.124. The molecule has 1 saturated heterocycles. The number of aryl methyl sites for hydroxylation is 1. The molecule has 2 unspecified atom stereocenters. The average molecular weight is 237 g/mol. The highest BCUT2D eigenvalue weighted by atomic mass is 16.5. The van der Waals surface area contributed by atoms with Gasteiger partial charge >= 0.3 is 0 Å². The third-order valence-corrected chi connectivity index (χ3v) is 3.15. The smallest absolute Gasteiger partial charge is 0.227 e. The van der Waals surface area contributed by atoms with Crippen LogP contribution in [-0.2, 0) is 23.1 Å². The molecule has 0 bridgehead atoms. The third kappa shape index (κ3) is 2.87. The van der Waals surface area contributed by atoms with E-state index in [1.807, 2.05) is 37.1 Å². The van der Waals surface area contributed by atoms with Gasteiger partial charge in [0, 0.05) is 32.0 Å². The van der Waals surface area contributed by atoms with Crippen LogP contribution in [0.4, 0.5) is 0 Å². The van der Waals surface area contributed by atoms with Crippen LogP contribution in [0.2, 0.25) is 0 Å². The molecular weight excluding hydrogens is 218 g/mol. The zero-order valence-corrected chi connectivity index (χ0v) is 10.3. The second kappa shape index (κ2) is 5.33. The van der Waals surface area contributed by atoms with E-state index < -0.39 is 0 Å². The lowest BCUT2D eigenvalue weighted by Crippen LogP contribution is -2.42. The minimum Gasteiger partial charge on any atom is -0.379 e. The van der Waals surface area contributed by atoms with Crippen LogP contribution in [0.25, 0.3) is 0 Å². The van der Waals surface area contributed by atoms with Crippen molar-refractivity contribution in [2.24, 2.45) is 13.0 Å². The van der Waals surface area contributed by atoms with E-state index in [1.54, 1.807) is 0 Å². The number of aromatic nitrogens is 1. The van der Waals surface area contributed by atoms with Crippen LogP contribution in [0.3, 0.4) is 0 Å². The van der Waals surface area contributed by atoms with Crippen molar-refractivity contribution in [3.05, 3.63) is 24.0 Å². The van der Waals surface area contributed by atoms with Crippen molar-refractivity contribution in [3.63, 3.8) is 0 Å². The van der Waals surface area contributed by atoms with Crippen molar-refractivity contribution in [3.8, 4) is 0 Å². The SMILES string of the molecule is CNC1COCC1C(=O)NCc1ccn(C)c1. The van der Waals surface area contributed by atoms with Crippen LogP contribution in [0, 0.1) is 5.92 Å². The molecule has 0 spiro atoms. The first-order valence-electron chi connectivity index (χ1n) is 5.84. The maximum absolute atomic E-state index is 12.0. The van der Waals surface area contributed by atoms with Crippen molar-refractivity contribution in [2.45, 2.75) is 12.6 Å². The topological polar surface area (TPSA) is 55.3 Å². The Hall–Kier alpha value is -1.33. The van der Waals surface area contributed by atoms with E-state index in [9.17, 15) is 4.79 Å². The normalized spacial score (nSPS) is 23.9. The first-order valence-corrected chi connectivity index (χ1v) is 5.84. The lowest BCUT2D eigenvalue weighted by Gasteiger charge is -2.16. The monoisotopic (exact) mass is 237 g/mol. The molecule has 2 atom stereocenters.